The highest BCUT2D eigenvalue weighted by molar-refractivity contribution is 6.07. The standard InChI is InChI=1S/C25H29N3O3/c1-16(2)31-13-5-12-26-25(30)22-15-24(28-23-11-6-17(3)14-21(22)23)19-7-9-20(10-8-19)27-18(4)29/h6-11,14-16H,5,12-13H2,1-4H3,(H,26,30)(H,27,29). The second kappa shape index (κ2) is 10.2. The van der Waals surface area contributed by atoms with E-state index in [9.17, 15) is 9.59 Å². The monoisotopic (exact) mass is 419 g/mol. The molecular formula is C25H29N3O3. The summed E-state index contributed by atoms with van der Waals surface area (Å²) in [6, 6.07) is 15.2. The average Bonchev–Trinajstić information content (AvgIpc) is 2.72. The lowest BCUT2D eigenvalue weighted by molar-refractivity contribution is -0.114. The number of fused-ring (bicyclic) bond motifs is 1. The number of amides is 2. The molecule has 0 atom stereocenters. The van der Waals surface area contributed by atoms with Gasteiger partial charge in [-0.2, -0.15) is 0 Å². The van der Waals surface area contributed by atoms with E-state index >= 15 is 0 Å². The number of benzene rings is 2. The zero-order chi connectivity index (χ0) is 22.4. The van der Waals surface area contributed by atoms with E-state index in [1.165, 1.54) is 6.92 Å². The number of nitrogens with zero attached hydrogens (tertiary/aromatic N) is 1. The van der Waals surface area contributed by atoms with Crippen LogP contribution < -0.4 is 10.6 Å². The number of rotatable bonds is 8. The molecule has 0 fully saturated rings. The van der Waals surface area contributed by atoms with Gasteiger partial charge in [0, 0.05) is 36.7 Å². The fourth-order valence-corrected chi connectivity index (χ4v) is 3.29. The molecule has 6 nitrogen and oxygen atoms in total. The molecule has 2 N–H and O–H groups in total. The van der Waals surface area contributed by atoms with E-state index in [-0.39, 0.29) is 17.9 Å². The van der Waals surface area contributed by atoms with Crippen molar-refractivity contribution in [1.82, 2.24) is 10.3 Å². The molecule has 1 aromatic heterocycles. The van der Waals surface area contributed by atoms with Crippen LogP contribution in [0.2, 0.25) is 0 Å². The summed E-state index contributed by atoms with van der Waals surface area (Å²) in [6.07, 6.45) is 0.936. The summed E-state index contributed by atoms with van der Waals surface area (Å²) in [4.78, 5) is 29.0. The third-order valence-corrected chi connectivity index (χ3v) is 4.77. The molecule has 6 heteroatoms. The summed E-state index contributed by atoms with van der Waals surface area (Å²) in [6.45, 7) is 8.62. The smallest absolute Gasteiger partial charge is 0.252 e. The first-order valence-electron chi connectivity index (χ1n) is 10.5. The summed E-state index contributed by atoms with van der Waals surface area (Å²) in [5, 5.41) is 6.58. The summed E-state index contributed by atoms with van der Waals surface area (Å²) in [7, 11) is 0. The van der Waals surface area contributed by atoms with E-state index in [4.69, 9.17) is 9.72 Å². The quantitative estimate of drug-likeness (QED) is 0.518. The fourth-order valence-electron chi connectivity index (χ4n) is 3.29. The van der Waals surface area contributed by atoms with Crippen LogP contribution in [0, 0.1) is 6.92 Å². The van der Waals surface area contributed by atoms with Gasteiger partial charge in [-0.15, -0.1) is 0 Å². The highest BCUT2D eigenvalue weighted by atomic mass is 16.5. The molecule has 162 valence electrons. The van der Waals surface area contributed by atoms with Gasteiger partial charge in [0.05, 0.1) is 22.9 Å². The van der Waals surface area contributed by atoms with Crippen LogP contribution in [0.1, 0.15) is 43.1 Å². The normalized spacial score (nSPS) is 11.0. The number of anilines is 1. The molecule has 0 saturated carbocycles. The Bertz CT molecular complexity index is 1080. The summed E-state index contributed by atoms with van der Waals surface area (Å²) >= 11 is 0. The molecule has 0 aliphatic carbocycles. The second-order valence-corrected chi connectivity index (χ2v) is 7.86. The van der Waals surface area contributed by atoms with Crippen molar-refractivity contribution in [2.45, 2.75) is 40.2 Å². The Balaban J connectivity index is 1.88. The minimum atomic E-state index is -0.126. The highest BCUT2D eigenvalue weighted by Crippen LogP contribution is 2.26. The number of ether oxygens (including phenoxy) is 1. The average molecular weight is 420 g/mol. The van der Waals surface area contributed by atoms with Crippen molar-refractivity contribution in [2.75, 3.05) is 18.5 Å². The lowest BCUT2D eigenvalue weighted by Gasteiger charge is -2.12. The molecule has 2 aromatic carbocycles. The molecule has 0 unspecified atom stereocenters. The van der Waals surface area contributed by atoms with Crippen LogP contribution >= 0.6 is 0 Å². The molecule has 0 aliphatic heterocycles. The summed E-state index contributed by atoms with van der Waals surface area (Å²) in [5.74, 6) is -0.247. The minimum absolute atomic E-state index is 0.121. The van der Waals surface area contributed by atoms with Gasteiger partial charge in [-0.3, -0.25) is 9.59 Å². The number of carbonyl (C=O) groups excluding carboxylic acids is 2. The molecule has 0 aliphatic rings. The SMILES string of the molecule is CC(=O)Nc1ccc(-c2cc(C(=O)NCCCOC(C)C)c3cc(C)ccc3n2)cc1. The van der Waals surface area contributed by atoms with Crippen LogP contribution in [-0.4, -0.2) is 36.1 Å². The van der Waals surface area contributed by atoms with Gasteiger partial charge in [0.1, 0.15) is 0 Å². The van der Waals surface area contributed by atoms with Crippen LogP contribution in [0.4, 0.5) is 5.69 Å². The third kappa shape index (κ3) is 6.12. The maximum atomic E-state index is 13.0. The predicted octanol–water partition coefficient (Wildman–Crippen LogP) is 4.71. The number of aryl methyl sites for hydroxylation is 1. The van der Waals surface area contributed by atoms with Crippen LogP contribution in [0.15, 0.2) is 48.5 Å². The first-order valence-corrected chi connectivity index (χ1v) is 10.5. The Morgan fingerprint density at radius 2 is 1.81 bits per heavy atom. The number of hydrogen-bond acceptors (Lipinski definition) is 4. The van der Waals surface area contributed by atoms with Crippen LogP contribution in [0.5, 0.6) is 0 Å². The number of nitrogens with one attached hydrogen (secondary N) is 2. The van der Waals surface area contributed by atoms with Crippen molar-refractivity contribution in [1.29, 1.82) is 0 Å². The van der Waals surface area contributed by atoms with Gasteiger partial charge < -0.3 is 15.4 Å². The molecule has 0 radical (unpaired) electrons. The van der Waals surface area contributed by atoms with E-state index in [0.717, 1.165) is 28.5 Å². The predicted molar refractivity (Wildman–Crippen MR) is 124 cm³/mol. The van der Waals surface area contributed by atoms with Gasteiger partial charge >= 0.3 is 0 Å². The topological polar surface area (TPSA) is 80.3 Å². The zero-order valence-electron chi connectivity index (χ0n) is 18.5. The van der Waals surface area contributed by atoms with Crippen molar-refractivity contribution in [2.24, 2.45) is 0 Å². The molecule has 3 aromatic rings. The molecule has 0 bridgehead atoms. The van der Waals surface area contributed by atoms with E-state index in [1.807, 2.05) is 69.3 Å². The molecule has 0 saturated heterocycles. The van der Waals surface area contributed by atoms with E-state index in [1.54, 1.807) is 0 Å². The molecular weight excluding hydrogens is 390 g/mol. The van der Waals surface area contributed by atoms with Gasteiger partial charge in [0.25, 0.3) is 5.91 Å². The van der Waals surface area contributed by atoms with Gasteiger partial charge in [-0.05, 0) is 57.5 Å². The minimum Gasteiger partial charge on any atom is -0.379 e. The van der Waals surface area contributed by atoms with Crippen molar-refractivity contribution < 1.29 is 14.3 Å². The number of carbonyl (C=O) groups is 2. The van der Waals surface area contributed by atoms with E-state index < -0.39 is 0 Å². The van der Waals surface area contributed by atoms with Gasteiger partial charge in [-0.25, -0.2) is 4.98 Å². The van der Waals surface area contributed by atoms with E-state index in [2.05, 4.69) is 10.6 Å². The second-order valence-electron chi connectivity index (χ2n) is 7.86. The largest absolute Gasteiger partial charge is 0.379 e. The van der Waals surface area contributed by atoms with E-state index in [0.29, 0.717) is 30.1 Å². The lowest BCUT2D eigenvalue weighted by atomic mass is 10.0. The van der Waals surface area contributed by atoms with Crippen molar-refractivity contribution >= 4 is 28.4 Å². The highest BCUT2D eigenvalue weighted by Gasteiger charge is 2.14. The number of aromatic nitrogens is 1. The van der Waals surface area contributed by atoms with Gasteiger partial charge in [0.15, 0.2) is 0 Å². The van der Waals surface area contributed by atoms with Crippen LogP contribution in [0.25, 0.3) is 22.2 Å². The summed E-state index contributed by atoms with van der Waals surface area (Å²) in [5.41, 5.74) is 4.73. The Hall–Kier alpha value is -3.25. The molecule has 1 heterocycles. The lowest BCUT2D eigenvalue weighted by Crippen LogP contribution is -2.26. The molecule has 3 rings (SSSR count). The maximum absolute atomic E-state index is 13.0. The first-order chi connectivity index (χ1) is 14.8. The molecule has 31 heavy (non-hydrogen) atoms. The zero-order valence-corrected chi connectivity index (χ0v) is 18.5. The number of pyridine rings is 1. The molecule has 0 spiro atoms. The Morgan fingerprint density at radius 3 is 2.48 bits per heavy atom. The Morgan fingerprint density at radius 1 is 1.06 bits per heavy atom. The third-order valence-electron chi connectivity index (χ3n) is 4.77. The molecule has 2 amide bonds. The van der Waals surface area contributed by atoms with Crippen LogP contribution in [0.3, 0.4) is 0 Å². The van der Waals surface area contributed by atoms with Gasteiger partial charge in [-0.1, -0.05) is 23.8 Å². The van der Waals surface area contributed by atoms with Crippen molar-refractivity contribution in [3.05, 3.63) is 59.7 Å². The van der Waals surface area contributed by atoms with Crippen molar-refractivity contribution in [3.8, 4) is 11.3 Å². The van der Waals surface area contributed by atoms with Crippen LogP contribution in [-0.2, 0) is 9.53 Å². The number of hydrogen-bond donors (Lipinski definition) is 2. The summed E-state index contributed by atoms with van der Waals surface area (Å²) < 4.78 is 5.54. The van der Waals surface area contributed by atoms with Crippen molar-refractivity contribution in [3.63, 3.8) is 0 Å². The Labute approximate surface area is 183 Å². The maximum Gasteiger partial charge on any atom is 0.252 e. The first kappa shape index (κ1) is 22.4. The fraction of sp³-hybridized carbons (Fsp3) is 0.320. The van der Waals surface area contributed by atoms with Gasteiger partial charge in [0.2, 0.25) is 5.91 Å². The Kier molecular flexibility index (Phi) is 7.36.